The number of ether oxygens (including phenoxy) is 1. The number of nitrogens with one attached hydrogen (secondary N) is 1. The van der Waals surface area contributed by atoms with Crippen molar-refractivity contribution in [3.8, 4) is 5.88 Å². The number of amides is 2. The first-order valence-corrected chi connectivity index (χ1v) is 9.41. The van der Waals surface area contributed by atoms with Crippen LogP contribution in [0.4, 0.5) is 10.7 Å². The Morgan fingerprint density at radius 1 is 1.27 bits per heavy atom. The first-order valence-electron chi connectivity index (χ1n) is 8.42. The Morgan fingerprint density at radius 2 is 2.08 bits per heavy atom. The van der Waals surface area contributed by atoms with Crippen LogP contribution in [0, 0.1) is 0 Å². The van der Waals surface area contributed by atoms with Gasteiger partial charge < -0.3 is 24.4 Å². The van der Waals surface area contributed by atoms with E-state index in [0.717, 1.165) is 10.9 Å². The Kier molecular flexibility index (Phi) is 6.16. The lowest BCUT2D eigenvalue weighted by Crippen LogP contribution is -2.52. The fourth-order valence-electron chi connectivity index (χ4n) is 2.61. The van der Waals surface area contributed by atoms with Crippen molar-refractivity contribution >= 4 is 23.7 Å². The van der Waals surface area contributed by atoms with E-state index in [4.69, 9.17) is 4.74 Å². The maximum Gasteiger partial charge on any atom is 0.317 e. The number of rotatable bonds is 6. The highest BCUT2D eigenvalue weighted by atomic mass is 32.2. The molecule has 0 atom stereocenters. The van der Waals surface area contributed by atoms with E-state index >= 15 is 0 Å². The van der Waals surface area contributed by atoms with Crippen molar-refractivity contribution < 1.29 is 9.53 Å². The maximum absolute atomic E-state index is 12.3. The van der Waals surface area contributed by atoms with Crippen LogP contribution in [-0.4, -0.2) is 76.0 Å². The summed E-state index contributed by atoms with van der Waals surface area (Å²) in [5.41, 5.74) is 0. The third-order valence-corrected chi connectivity index (χ3v) is 5.12. The quantitative estimate of drug-likeness (QED) is 0.589. The van der Waals surface area contributed by atoms with E-state index in [1.54, 1.807) is 37.3 Å². The second kappa shape index (κ2) is 8.75. The summed E-state index contributed by atoms with van der Waals surface area (Å²) in [6, 6.07) is 1.69. The van der Waals surface area contributed by atoms with Crippen molar-refractivity contribution in [3.05, 3.63) is 24.7 Å². The molecule has 2 amide bonds. The normalized spacial score (nSPS) is 14.4. The van der Waals surface area contributed by atoms with E-state index in [1.165, 1.54) is 0 Å². The molecule has 1 aliphatic rings. The number of carbonyl (C=O) groups is 1. The van der Waals surface area contributed by atoms with Gasteiger partial charge in [0.1, 0.15) is 0 Å². The molecule has 0 aromatic carbocycles. The fraction of sp³-hybridized carbons (Fsp3) is 0.500. The van der Waals surface area contributed by atoms with Crippen molar-refractivity contribution in [3.63, 3.8) is 0 Å². The van der Waals surface area contributed by atoms with Gasteiger partial charge in [0, 0.05) is 70.2 Å². The number of imidazole rings is 1. The largest absolute Gasteiger partial charge is 0.481 e. The summed E-state index contributed by atoms with van der Waals surface area (Å²) in [7, 11) is 3.54. The lowest BCUT2D eigenvalue weighted by Gasteiger charge is -2.34. The van der Waals surface area contributed by atoms with Crippen LogP contribution in [0.15, 0.2) is 29.8 Å². The van der Waals surface area contributed by atoms with Gasteiger partial charge in [0.25, 0.3) is 0 Å². The molecule has 1 fully saturated rings. The smallest absolute Gasteiger partial charge is 0.317 e. The summed E-state index contributed by atoms with van der Waals surface area (Å²) in [4.78, 5) is 29.0. The van der Waals surface area contributed by atoms with Gasteiger partial charge in [-0.2, -0.15) is 4.98 Å². The van der Waals surface area contributed by atoms with Crippen LogP contribution in [0.5, 0.6) is 5.88 Å². The number of piperazine rings is 1. The zero-order chi connectivity index (χ0) is 18.4. The molecule has 1 N–H and O–H groups in total. The Morgan fingerprint density at radius 3 is 2.77 bits per heavy atom. The van der Waals surface area contributed by atoms with E-state index in [1.807, 2.05) is 22.7 Å². The molecule has 1 saturated heterocycles. The molecule has 3 rings (SSSR count). The number of aromatic nitrogens is 4. The van der Waals surface area contributed by atoms with Crippen molar-refractivity contribution in [1.29, 1.82) is 0 Å². The maximum atomic E-state index is 12.3. The topological polar surface area (TPSA) is 88.4 Å². The molecule has 26 heavy (non-hydrogen) atoms. The number of aryl methyl sites for hydroxylation is 1. The van der Waals surface area contributed by atoms with E-state index in [0.29, 0.717) is 44.6 Å². The predicted molar refractivity (Wildman–Crippen MR) is 99.7 cm³/mol. The van der Waals surface area contributed by atoms with Gasteiger partial charge in [0.2, 0.25) is 11.8 Å². The zero-order valence-electron chi connectivity index (χ0n) is 15.0. The standard InChI is InChI=1S/C16H23N7O2S/c1-21-7-5-19-16(21)26-12-6-18-15(24)23-10-8-22(9-11-23)14-17-4-3-13(20-14)25-2/h3-5,7H,6,8-12H2,1-2H3,(H,18,24). The van der Waals surface area contributed by atoms with Gasteiger partial charge in [-0.15, -0.1) is 0 Å². The first-order chi connectivity index (χ1) is 12.7. The highest BCUT2D eigenvalue weighted by Crippen LogP contribution is 2.15. The number of urea groups is 1. The number of carbonyl (C=O) groups excluding carboxylic acids is 1. The van der Waals surface area contributed by atoms with Crippen LogP contribution in [0.2, 0.25) is 0 Å². The van der Waals surface area contributed by atoms with Gasteiger partial charge in [-0.1, -0.05) is 11.8 Å². The molecule has 2 aromatic heterocycles. The molecule has 9 nitrogen and oxygen atoms in total. The summed E-state index contributed by atoms with van der Waals surface area (Å²) < 4.78 is 7.10. The Balaban J connectivity index is 1.40. The lowest BCUT2D eigenvalue weighted by atomic mass is 10.3. The average Bonchev–Trinajstić information content (AvgIpc) is 3.10. The number of hydrogen-bond donors (Lipinski definition) is 1. The second-order valence-electron chi connectivity index (χ2n) is 5.77. The number of thioether (sulfide) groups is 1. The fourth-order valence-corrected chi connectivity index (χ4v) is 3.40. The third-order valence-electron chi connectivity index (χ3n) is 4.06. The van der Waals surface area contributed by atoms with Gasteiger partial charge in [-0.3, -0.25) is 0 Å². The molecular formula is C16H23N7O2S. The van der Waals surface area contributed by atoms with E-state index in [9.17, 15) is 4.79 Å². The molecule has 140 valence electrons. The second-order valence-corrected chi connectivity index (χ2v) is 6.84. The molecule has 10 heteroatoms. The Bertz CT molecular complexity index is 731. The molecule has 0 bridgehead atoms. The van der Waals surface area contributed by atoms with Gasteiger partial charge in [0.15, 0.2) is 5.16 Å². The molecule has 2 aromatic rings. The number of anilines is 1. The summed E-state index contributed by atoms with van der Waals surface area (Å²) in [6.07, 6.45) is 5.36. The minimum absolute atomic E-state index is 0.0309. The number of hydrogen-bond acceptors (Lipinski definition) is 7. The van der Waals surface area contributed by atoms with Crippen LogP contribution in [0.3, 0.4) is 0 Å². The van der Waals surface area contributed by atoms with E-state index in [-0.39, 0.29) is 6.03 Å². The van der Waals surface area contributed by atoms with Crippen molar-refractivity contribution in [2.45, 2.75) is 5.16 Å². The molecule has 0 aliphatic carbocycles. The summed E-state index contributed by atoms with van der Waals surface area (Å²) in [5, 5.41) is 3.92. The minimum Gasteiger partial charge on any atom is -0.481 e. The molecule has 3 heterocycles. The average molecular weight is 377 g/mol. The summed E-state index contributed by atoms with van der Waals surface area (Å²) in [5.74, 6) is 1.96. The molecule has 0 radical (unpaired) electrons. The van der Waals surface area contributed by atoms with Crippen LogP contribution >= 0.6 is 11.8 Å². The lowest BCUT2D eigenvalue weighted by molar-refractivity contribution is 0.195. The van der Waals surface area contributed by atoms with Crippen molar-refractivity contribution in [2.75, 3.05) is 50.5 Å². The summed E-state index contributed by atoms with van der Waals surface area (Å²) >= 11 is 1.63. The van der Waals surface area contributed by atoms with Crippen molar-refractivity contribution in [1.82, 2.24) is 29.7 Å². The highest BCUT2D eigenvalue weighted by molar-refractivity contribution is 7.99. The van der Waals surface area contributed by atoms with Gasteiger partial charge in [0.05, 0.1) is 7.11 Å². The molecule has 0 spiro atoms. The van der Waals surface area contributed by atoms with Crippen LogP contribution in [0.25, 0.3) is 0 Å². The first kappa shape index (κ1) is 18.3. The minimum atomic E-state index is -0.0309. The van der Waals surface area contributed by atoms with Gasteiger partial charge >= 0.3 is 6.03 Å². The van der Waals surface area contributed by atoms with E-state index in [2.05, 4.69) is 25.2 Å². The Hall–Kier alpha value is -2.49. The highest BCUT2D eigenvalue weighted by Gasteiger charge is 2.22. The SMILES string of the molecule is COc1ccnc(N2CCN(C(=O)NCCSc3nccn3C)CC2)n1. The van der Waals surface area contributed by atoms with Gasteiger partial charge in [-0.25, -0.2) is 14.8 Å². The van der Waals surface area contributed by atoms with Crippen LogP contribution < -0.4 is 15.0 Å². The van der Waals surface area contributed by atoms with Crippen molar-refractivity contribution in [2.24, 2.45) is 7.05 Å². The predicted octanol–water partition coefficient (Wildman–Crippen LogP) is 0.843. The van der Waals surface area contributed by atoms with Gasteiger partial charge in [-0.05, 0) is 0 Å². The monoisotopic (exact) mass is 377 g/mol. The van der Waals surface area contributed by atoms with E-state index < -0.39 is 0 Å². The Labute approximate surface area is 156 Å². The van der Waals surface area contributed by atoms with Crippen LogP contribution in [-0.2, 0) is 7.05 Å². The molecular weight excluding hydrogens is 354 g/mol. The summed E-state index contributed by atoms with van der Waals surface area (Å²) in [6.45, 7) is 3.28. The molecule has 1 aliphatic heterocycles. The molecule has 0 unspecified atom stereocenters. The van der Waals surface area contributed by atoms with Crippen LogP contribution in [0.1, 0.15) is 0 Å². The third kappa shape index (κ3) is 4.57. The number of methoxy groups -OCH3 is 1. The molecule has 0 saturated carbocycles. The number of nitrogens with zero attached hydrogens (tertiary/aromatic N) is 6. The zero-order valence-corrected chi connectivity index (χ0v) is 15.8.